The maximum absolute atomic E-state index is 13.1. The number of rotatable bonds is 6. The Hall–Kier alpha value is -2.80. The number of aryl methyl sites for hydroxylation is 1. The van der Waals surface area contributed by atoms with Crippen molar-refractivity contribution in [1.82, 2.24) is 19.7 Å². The highest BCUT2D eigenvalue weighted by atomic mass is 32.2. The Kier molecular flexibility index (Phi) is 6.38. The third-order valence-corrected chi connectivity index (χ3v) is 6.50. The molecule has 30 heavy (non-hydrogen) atoms. The molecule has 0 radical (unpaired) electrons. The molecule has 7 heteroatoms. The van der Waals surface area contributed by atoms with Gasteiger partial charge in [-0.2, -0.15) is 0 Å². The van der Waals surface area contributed by atoms with E-state index in [0.717, 1.165) is 37.2 Å². The largest absolute Gasteiger partial charge is 0.368 e. The van der Waals surface area contributed by atoms with E-state index in [0.29, 0.717) is 6.54 Å². The molecule has 2 heterocycles. The average Bonchev–Trinajstić information content (AvgIpc) is 3.13. The zero-order valence-corrected chi connectivity index (χ0v) is 18.3. The summed E-state index contributed by atoms with van der Waals surface area (Å²) in [6.45, 7) is 7.83. The van der Waals surface area contributed by atoms with Gasteiger partial charge in [0.1, 0.15) is 5.82 Å². The quantitative estimate of drug-likeness (QED) is 0.571. The maximum atomic E-state index is 13.1. The highest BCUT2D eigenvalue weighted by molar-refractivity contribution is 8.00. The Morgan fingerprint density at radius 1 is 0.967 bits per heavy atom. The van der Waals surface area contributed by atoms with Gasteiger partial charge in [-0.05, 0) is 31.5 Å². The first-order valence-corrected chi connectivity index (χ1v) is 11.2. The van der Waals surface area contributed by atoms with Crippen LogP contribution in [0.4, 0.5) is 5.69 Å². The second-order valence-corrected chi connectivity index (χ2v) is 8.82. The number of hydrogen-bond acceptors (Lipinski definition) is 5. The minimum atomic E-state index is -0.202. The molecule has 1 aliphatic heterocycles. The highest BCUT2D eigenvalue weighted by Crippen LogP contribution is 2.25. The topological polar surface area (TPSA) is 54.3 Å². The van der Waals surface area contributed by atoms with Crippen molar-refractivity contribution in [2.45, 2.75) is 30.8 Å². The van der Waals surface area contributed by atoms with Crippen LogP contribution in [0.2, 0.25) is 0 Å². The summed E-state index contributed by atoms with van der Waals surface area (Å²) < 4.78 is 2.08. The van der Waals surface area contributed by atoms with Crippen molar-refractivity contribution in [3.8, 4) is 0 Å². The number of nitrogens with zero attached hydrogens (tertiary/aromatic N) is 5. The number of carbonyl (C=O) groups is 1. The van der Waals surface area contributed by atoms with E-state index in [2.05, 4.69) is 56.1 Å². The van der Waals surface area contributed by atoms with Crippen molar-refractivity contribution in [3.63, 3.8) is 0 Å². The Balaban J connectivity index is 1.36. The van der Waals surface area contributed by atoms with Crippen molar-refractivity contribution in [2.75, 3.05) is 31.1 Å². The molecule has 1 amide bonds. The predicted molar refractivity (Wildman–Crippen MR) is 121 cm³/mol. The molecule has 2 aromatic carbocycles. The molecule has 156 valence electrons. The van der Waals surface area contributed by atoms with E-state index in [4.69, 9.17) is 0 Å². The van der Waals surface area contributed by atoms with E-state index in [1.54, 1.807) is 0 Å². The number of aromatic nitrogens is 3. The van der Waals surface area contributed by atoms with Crippen LogP contribution in [0.25, 0.3) is 0 Å². The molecule has 0 aliphatic carbocycles. The molecule has 3 aromatic rings. The van der Waals surface area contributed by atoms with E-state index in [1.165, 1.54) is 23.0 Å². The summed E-state index contributed by atoms with van der Waals surface area (Å²) in [6.07, 6.45) is 0. The maximum Gasteiger partial charge on any atom is 0.236 e. The normalized spacial score (nSPS) is 15.3. The summed E-state index contributed by atoms with van der Waals surface area (Å²) in [4.78, 5) is 17.4. The number of hydrogen-bond donors (Lipinski definition) is 0. The van der Waals surface area contributed by atoms with Crippen molar-refractivity contribution in [3.05, 3.63) is 72.1 Å². The third-order valence-electron chi connectivity index (χ3n) is 5.43. The smallest absolute Gasteiger partial charge is 0.236 e. The number of carbonyl (C=O) groups excluding carboxylic acids is 1. The molecule has 0 N–H and O–H groups in total. The Labute approximate surface area is 181 Å². The summed E-state index contributed by atoms with van der Waals surface area (Å²) in [5.41, 5.74) is 2.41. The molecule has 0 saturated carbocycles. The van der Waals surface area contributed by atoms with E-state index in [1.807, 2.05) is 43.0 Å². The molecule has 1 atom stereocenters. The lowest BCUT2D eigenvalue weighted by Crippen LogP contribution is -2.50. The van der Waals surface area contributed by atoms with E-state index >= 15 is 0 Å². The predicted octanol–water partition coefficient (Wildman–Crippen LogP) is 3.46. The number of para-hydroxylation sites is 1. The summed E-state index contributed by atoms with van der Waals surface area (Å²) >= 11 is 1.49. The lowest BCUT2D eigenvalue weighted by Gasteiger charge is -2.37. The van der Waals surface area contributed by atoms with Crippen LogP contribution >= 0.6 is 11.8 Å². The fourth-order valence-electron chi connectivity index (χ4n) is 3.69. The Bertz CT molecular complexity index is 968. The minimum absolute atomic E-state index is 0.166. The number of thioether (sulfide) groups is 1. The summed E-state index contributed by atoms with van der Waals surface area (Å²) in [6, 6.07) is 20.6. The fraction of sp³-hybridized carbons (Fsp3) is 0.348. The molecule has 1 fully saturated rings. The lowest BCUT2D eigenvalue weighted by atomic mass is 10.2. The van der Waals surface area contributed by atoms with Gasteiger partial charge in [-0.1, -0.05) is 60.3 Å². The molecule has 0 bridgehead atoms. The van der Waals surface area contributed by atoms with E-state index in [-0.39, 0.29) is 11.2 Å². The van der Waals surface area contributed by atoms with Crippen molar-refractivity contribution in [1.29, 1.82) is 0 Å². The SMILES string of the molecule is Cc1nnc(S[C@H](C)C(=O)N2CCN(c3ccccc3)CC2)n1Cc1ccccc1. The second-order valence-electron chi connectivity index (χ2n) is 7.51. The average molecular weight is 422 g/mol. The summed E-state index contributed by atoms with van der Waals surface area (Å²) in [5, 5.41) is 9.16. The van der Waals surface area contributed by atoms with Gasteiger partial charge >= 0.3 is 0 Å². The number of anilines is 1. The van der Waals surface area contributed by atoms with Gasteiger partial charge < -0.3 is 14.4 Å². The molecular weight excluding hydrogens is 394 g/mol. The Morgan fingerprint density at radius 3 is 2.27 bits per heavy atom. The minimum Gasteiger partial charge on any atom is -0.368 e. The number of piperazine rings is 1. The first-order valence-electron chi connectivity index (χ1n) is 10.3. The molecule has 1 aromatic heterocycles. The number of benzene rings is 2. The van der Waals surface area contributed by atoms with Crippen LogP contribution in [-0.4, -0.2) is 57.0 Å². The molecule has 1 aliphatic rings. The van der Waals surface area contributed by atoms with Crippen LogP contribution < -0.4 is 4.90 Å². The van der Waals surface area contributed by atoms with Gasteiger partial charge in [0.05, 0.1) is 11.8 Å². The van der Waals surface area contributed by atoms with Gasteiger partial charge in [0.15, 0.2) is 5.16 Å². The van der Waals surface area contributed by atoms with Gasteiger partial charge in [0.2, 0.25) is 5.91 Å². The van der Waals surface area contributed by atoms with Crippen molar-refractivity contribution in [2.24, 2.45) is 0 Å². The van der Waals surface area contributed by atoms with Crippen LogP contribution in [-0.2, 0) is 11.3 Å². The summed E-state index contributed by atoms with van der Waals surface area (Å²) in [5.74, 6) is 1.03. The van der Waals surface area contributed by atoms with Gasteiger partial charge in [-0.15, -0.1) is 10.2 Å². The number of amides is 1. The Morgan fingerprint density at radius 2 is 1.60 bits per heavy atom. The molecule has 0 spiro atoms. The standard InChI is InChI=1S/C23H27N5OS/c1-18(22(29)27-15-13-26(14-16-27)21-11-7-4-8-12-21)30-23-25-24-19(2)28(23)17-20-9-5-3-6-10-20/h3-12,18H,13-17H2,1-2H3/t18-/m1/s1. The fourth-order valence-corrected chi connectivity index (χ4v) is 4.66. The van der Waals surface area contributed by atoms with Gasteiger partial charge in [0.25, 0.3) is 0 Å². The molecule has 4 rings (SSSR count). The van der Waals surface area contributed by atoms with Crippen LogP contribution in [0.3, 0.4) is 0 Å². The monoisotopic (exact) mass is 421 g/mol. The zero-order chi connectivity index (χ0) is 20.9. The van der Waals surface area contributed by atoms with Crippen LogP contribution in [0.15, 0.2) is 65.8 Å². The van der Waals surface area contributed by atoms with Crippen LogP contribution in [0, 0.1) is 6.92 Å². The molecule has 6 nitrogen and oxygen atoms in total. The van der Waals surface area contributed by atoms with Crippen molar-refractivity contribution >= 4 is 23.4 Å². The first kappa shape index (κ1) is 20.5. The molecule has 1 saturated heterocycles. The summed E-state index contributed by atoms with van der Waals surface area (Å²) in [7, 11) is 0. The van der Waals surface area contributed by atoms with Gasteiger partial charge in [0, 0.05) is 31.9 Å². The van der Waals surface area contributed by atoms with Crippen molar-refractivity contribution < 1.29 is 4.79 Å². The van der Waals surface area contributed by atoms with E-state index in [9.17, 15) is 4.79 Å². The van der Waals surface area contributed by atoms with Gasteiger partial charge in [-0.3, -0.25) is 4.79 Å². The third kappa shape index (κ3) is 4.67. The molecule has 0 unspecified atom stereocenters. The lowest BCUT2D eigenvalue weighted by molar-refractivity contribution is -0.130. The van der Waals surface area contributed by atoms with Crippen LogP contribution in [0.5, 0.6) is 0 Å². The zero-order valence-electron chi connectivity index (χ0n) is 17.4. The highest BCUT2D eigenvalue weighted by Gasteiger charge is 2.27. The second kappa shape index (κ2) is 9.34. The van der Waals surface area contributed by atoms with Gasteiger partial charge in [-0.25, -0.2) is 0 Å². The van der Waals surface area contributed by atoms with E-state index < -0.39 is 0 Å². The molecular formula is C23H27N5OS. The first-order chi connectivity index (χ1) is 14.6. The van der Waals surface area contributed by atoms with Crippen LogP contribution in [0.1, 0.15) is 18.3 Å².